The van der Waals surface area contributed by atoms with E-state index in [9.17, 15) is 4.79 Å². The molecule has 0 aromatic heterocycles. The molecule has 0 unspecified atom stereocenters. The Labute approximate surface area is 127 Å². The summed E-state index contributed by atoms with van der Waals surface area (Å²) < 4.78 is 2.76. The summed E-state index contributed by atoms with van der Waals surface area (Å²) in [6.07, 6.45) is 4.36. The molecule has 0 saturated carbocycles. The monoisotopic (exact) mass is 411 g/mol. The van der Waals surface area contributed by atoms with Crippen LogP contribution in [0.3, 0.4) is 0 Å². The Morgan fingerprint density at radius 2 is 1.24 bits per heavy atom. The van der Waals surface area contributed by atoms with Gasteiger partial charge in [-0.05, 0) is 0 Å². The zero-order valence-electron chi connectivity index (χ0n) is 10.7. The standard InChI is InChI=1S/3C3H7.C2HCl3O2.Sn/c3*1-3-2;3-2(4,5)1(6)7;/h3*1,3H2,2H3;(H,6,7);. The summed E-state index contributed by atoms with van der Waals surface area (Å²) in [5, 5.41) is 7.85. The van der Waals surface area contributed by atoms with Crippen LogP contribution in [0.1, 0.15) is 40.0 Å². The molecule has 0 fully saturated rings. The number of carboxylic acid groups (broad SMARTS) is 1. The molecule has 1 N–H and O–H groups in total. The van der Waals surface area contributed by atoms with Crippen LogP contribution in [0.25, 0.3) is 0 Å². The third-order valence-corrected chi connectivity index (χ3v) is 12.9. The Balaban J connectivity index is 0. The maximum atomic E-state index is 9.62. The summed E-state index contributed by atoms with van der Waals surface area (Å²) in [6, 6.07) is 0. The first-order chi connectivity index (χ1) is 7.79. The number of hydrogen-bond donors (Lipinski definition) is 1. The molecule has 0 amide bonds. The van der Waals surface area contributed by atoms with Crippen LogP contribution in [0.2, 0.25) is 13.3 Å². The minimum absolute atomic E-state index is 0.759. The maximum absolute atomic E-state index is 9.62. The molecule has 17 heavy (non-hydrogen) atoms. The van der Waals surface area contributed by atoms with Crippen LogP contribution in [-0.2, 0) is 4.79 Å². The van der Waals surface area contributed by atoms with E-state index in [1.165, 1.54) is 19.3 Å². The van der Waals surface area contributed by atoms with E-state index in [1.807, 2.05) is 0 Å². The van der Waals surface area contributed by atoms with Crippen LogP contribution in [-0.4, -0.2) is 34.6 Å². The number of carboxylic acids is 1. The van der Waals surface area contributed by atoms with Gasteiger partial charge in [0.1, 0.15) is 0 Å². The Bertz CT molecular complexity index is 181. The van der Waals surface area contributed by atoms with Gasteiger partial charge in [-0.1, -0.05) is 34.8 Å². The van der Waals surface area contributed by atoms with Gasteiger partial charge in [-0.2, -0.15) is 0 Å². The average Bonchev–Trinajstić information content (AvgIpc) is 2.18. The predicted octanol–water partition coefficient (Wildman–Crippen LogP) is 5.15. The Morgan fingerprint density at radius 3 is 1.35 bits per heavy atom. The maximum Gasteiger partial charge on any atom is 0.356 e. The van der Waals surface area contributed by atoms with Gasteiger partial charge in [0.2, 0.25) is 0 Å². The van der Waals surface area contributed by atoms with Gasteiger partial charge in [-0.3, -0.25) is 0 Å². The molecular weight excluding hydrogens is 389 g/mol. The molecule has 0 bridgehead atoms. The Morgan fingerprint density at radius 1 is 1.00 bits per heavy atom. The molecule has 0 aliphatic heterocycles. The van der Waals surface area contributed by atoms with Gasteiger partial charge in [0.05, 0.1) is 0 Å². The van der Waals surface area contributed by atoms with Crippen LogP contribution in [0.15, 0.2) is 0 Å². The summed E-state index contributed by atoms with van der Waals surface area (Å²) in [6.45, 7) is 7.02. The molecule has 0 saturated heterocycles. The molecule has 0 spiro atoms. The van der Waals surface area contributed by atoms with Gasteiger partial charge >= 0.3 is 79.1 Å². The minimum atomic E-state index is -2.17. The Hall–Kier alpha value is 1.14. The number of rotatable bonds is 6. The largest absolute Gasteiger partial charge is 0.478 e. The molecule has 0 aliphatic carbocycles. The smallest absolute Gasteiger partial charge is 0.356 e. The van der Waals surface area contributed by atoms with E-state index in [-0.39, 0.29) is 0 Å². The van der Waals surface area contributed by atoms with Crippen LogP contribution < -0.4 is 0 Å². The van der Waals surface area contributed by atoms with Crippen LogP contribution in [0, 0.1) is 0 Å². The fraction of sp³-hybridized carbons (Fsp3) is 0.909. The van der Waals surface area contributed by atoms with E-state index in [0.717, 1.165) is 0 Å². The molecule has 0 rings (SSSR count). The SMILES string of the molecule is CC[CH2][Sn]([CH2]CC)[CH2]CC.O=C(O)C(Cl)(Cl)Cl. The van der Waals surface area contributed by atoms with Gasteiger partial charge < -0.3 is 5.11 Å². The van der Waals surface area contributed by atoms with Crippen molar-refractivity contribution in [3.63, 3.8) is 0 Å². The van der Waals surface area contributed by atoms with Crippen LogP contribution in [0.5, 0.6) is 0 Å². The molecule has 0 heterocycles. The van der Waals surface area contributed by atoms with Crippen molar-refractivity contribution in [2.75, 3.05) is 0 Å². The van der Waals surface area contributed by atoms with Crippen LogP contribution >= 0.6 is 34.8 Å². The third kappa shape index (κ3) is 15.1. The van der Waals surface area contributed by atoms with E-state index < -0.39 is 29.5 Å². The minimum Gasteiger partial charge on any atom is -0.478 e. The van der Waals surface area contributed by atoms with Crippen molar-refractivity contribution >= 4 is 60.5 Å². The van der Waals surface area contributed by atoms with Crippen molar-refractivity contribution in [1.82, 2.24) is 0 Å². The first-order valence-electron chi connectivity index (χ1n) is 5.93. The second-order valence-corrected chi connectivity index (χ2v) is 14.6. The molecule has 0 aromatic carbocycles. The number of hydrogen-bond acceptors (Lipinski definition) is 1. The van der Waals surface area contributed by atoms with E-state index in [0.29, 0.717) is 0 Å². The van der Waals surface area contributed by atoms with Crippen molar-refractivity contribution in [3.8, 4) is 0 Å². The van der Waals surface area contributed by atoms with Crippen molar-refractivity contribution in [2.45, 2.75) is 57.1 Å². The zero-order valence-corrected chi connectivity index (χ0v) is 15.9. The molecule has 0 atom stereocenters. The summed E-state index contributed by atoms with van der Waals surface area (Å²) >= 11 is 13.6. The number of aliphatic carboxylic acids is 1. The van der Waals surface area contributed by atoms with Gasteiger partial charge in [0.25, 0.3) is 3.79 Å². The first kappa shape index (κ1) is 20.5. The van der Waals surface area contributed by atoms with Crippen molar-refractivity contribution in [1.29, 1.82) is 0 Å². The fourth-order valence-electron chi connectivity index (χ4n) is 1.44. The second-order valence-electron chi connectivity index (χ2n) is 3.80. The number of halogens is 3. The summed E-state index contributed by atoms with van der Waals surface area (Å²) in [5.41, 5.74) is 0. The summed E-state index contributed by atoms with van der Waals surface area (Å²) in [5.74, 6) is -1.46. The quantitative estimate of drug-likeness (QED) is 0.485. The first-order valence-corrected chi connectivity index (χ1v) is 13.1. The van der Waals surface area contributed by atoms with E-state index in [4.69, 9.17) is 39.9 Å². The molecule has 1 radical (unpaired) electrons. The van der Waals surface area contributed by atoms with Gasteiger partial charge in [0, 0.05) is 0 Å². The van der Waals surface area contributed by atoms with E-state index in [2.05, 4.69) is 20.8 Å². The van der Waals surface area contributed by atoms with Gasteiger partial charge in [-0.25, -0.2) is 4.79 Å². The van der Waals surface area contributed by atoms with E-state index >= 15 is 0 Å². The summed E-state index contributed by atoms with van der Waals surface area (Å²) in [4.78, 5) is 9.62. The zero-order chi connectivity index (χ0) is 13.9. The average molecular weight is 411 g/mol. The molecule has 2 nitrogen and oxygen atoms in total. The number of carbonyl (C=O) groups is 1. The van der Waals surface area contributed by atoms with Crippen molar-refractivity contribution in [3.05, 3.63) is 0 Å². The molecular formula is C11H22Cl3O2Sn. The van der Waals surface area contributed by atoms with Crippen molar-refractivity contribution < 1.29 is 9.90 Å². The second kappa shape index (κ2) is 12.2. The Kier molecular flexibility index (Phi) is 14.7. The van der Waals surface area contributed by atoms with Gasteiger partial charge in [0.15, 0.2) is 0 Å². The van der Waals surface area contributed by atoms with Crippen LogP contribution in [0.4, 0.5) is 0 Å². The van der Waals surface area contributed by atoms with Crippen molar-refractivity contribution in [2.24, 2.45) is 0 Å². The predicted molar refractivity (Wildman–Crippen MR) is 79.0 cm³/mol. The topological polar surface area (TPSA) is 37.3 Å². The fourth-order valence-corrected chi connectivity index (χ4v) is 9.63. The van der Waals surface area contributed by atoms with E-state index in [1.54, 1.807) is 13.3 Å². The molecule has 103 valence electrons. The normalized spacial score (nSPS) is 11.0. The molecule has 6 heteroatoms. The molecule has 0 aliphatic rings. The third-order valence-electron chi connectivity index (χ3n) is 2.05. The van der Waals surface area contributed by atoms with Gasteiger partial charge in [-0.15, -0.1) is 0 Å². The molecule has 0 aromatic rings. The number of alkyl halides is 3. The summed E-state index contributed by atoms with van der Waals surface area (Å²) in [7, 11) is 0.